The first-order valence-corrected chi connectivity index (χ1v) is 12.1. The minimum atomic E-state index is -3.74. The Balaban J connectivity index is 1.49. The van der Waals surface area contributed by atoms with Gasteiger partial charge in [0.1, 0.15) is 5.75 Å². The third kappa shape index (κ3) is 4.94. The number of nitrogens with zero attached hydrogens (tertiary/aromatic N) is 2. The third-order valence-electron chi connectivity index (χ3n) is 5.39. The average molecular weight is 470 g/mol. The van der Waals surface area contributed by atoms with E-state index in [-0.39, 0.29) is 29.5 Å². The highest BCUT2D eigenvalue weighted by Crippen LogP contribution is 2.33. The molecule has 1 aliphatic carbocycles. The first-order chi connectivity index (χ1) is 14.8. The van der Waals surface area contributed by atoms with Gasteiger partial charge >= 0.3 is 6.61 Å². The van der Waals surface area contributed by atoms with Gasteiger partial charge in [0, 0.05) is 24.7 Å². The molecule has 4 rings (SSSR count). The molecule has 1 amide bonds. The molecule has 11 heteroatoms. The van der Waals surface area contributed by atoms with Crippen molar-refractivity contribution >= 4 is 38.5 Å². The number of allylic oxidation sites excluding steroid dienone is 1. The van der Waals surface area contributed by atoms with Gasteiger partial charge in [0.25, 0.3) is 0 Å². The summed E-state index contributed by atoms with van der Waals surface area (Å²) < 4.78 is 57.1. The molecule has 0 bridgehead atoms. The summed E-state index contributed by atoms with van der Waals surface area (Å²) in [5.74, 6) is -0.624. The predicted octanol–water partition coefficient (Wildman–Crippen LogP) is 3.71. The number of hydrogen-bond donors (Lipinski definition) is 1. The highest BCUT2D eigenvalue weighted by molar-refractivity contribution is 7.93. The number of carbonyl (C=O) groups is 1. The van der Waals surface area contributed by atoms with E-state index in [1.807, 2.05) is 0 Å². The SMILES string of the molecule is O=C(Nc1nccs1)C1CCCN(S(=O)(=O)C2=Cc3ccc(OC(F)F)cc3CC2)C1. The number of thiazole rings is 1. The fraction of sp³-hybridized carbons (Fsp3) is 0.400. The summed E-state index contributed by atoms with van der Waals surface area (Å²) in [6.07, 6.45) is 5.04. The molecule has 0 radical (unpaired) electrons. The number of alkyl halides is 2. The molecular formula is C20H21F2N3O4S2. The molecule has 1 aliphatic heterocycles. The van der Waals surface area contributed by atoms with Crippen molar-refractivity contribution in [3.05, 3.63) is 45.8 Å². The van der Waals surface area contributed by atoms with E-state index in [2.05, 4.69) is 15.0 Å². The minimum Gasteiger partial charge on any atom is -0.435 e. The Morgan fingerprint density at radius 1 is 1.32 bits per heavy atom. The van der Waals surface area contributed by atoms with Crippen molar-refractivity contribution in [2.24, 2.45) is 5.92 Å². The lowest BCUT2D eigenvalue weighted by molar-refractivity contribution is -0.120. The molecule has 31 heavy (non-hydrogen) atoms. The van der Waals surface area contributed by atoms with Gasteiger partial charge < -0.3 is 10.1 Å². The highest BCUT2D eigenvalue weighted by Gasteiger charge is 2.35. The second-order valence-corrected chi connectivity index (χ2v) is 10.3. The molecule has 1 aromatic carbocycles. The number of carbonyl (C=O) groups excluding carboxylic acids is 1. The van der Waals surface area contributed by atoms with Crippen molar-refractivity contribution in [2.75, 3.05) is 18.4 Å². The maximum atomic E-state index is 13.2. The molecule has 1 atom stereocenters. The summed E-state index contributed by atoms with van der Waals surface area (Å²) in [6, 6.07) is 4.50. The smallest absolute Gasteiger partial charge is 0.387 e. The Labute approximate surface area is 182 Å². The zero-order chi connectivity index (χ0) is 22.0. The first-order valence-electron chi connectivity index (χ1n) is 9.82. The number of aromatic nitrogens is 1. The van der Waals surface area contributed by atoms with Gasteiger partial charge in [0.05, 0.1) is 10.8 Å². The van der Waals surface area contributed by atoms with E-state index in [9.17, 15) is 22.0 Å². The normalized spacial score (nSPS) is 19.6. The van der Waals surface area contributed by atoms with Crippen LogP contribution >= 0.6 is 11.3 Å². The number of sulfonamides is 1. The summed E-state index contributed by atoms with van der Waals surface area (Å²) >= 11 is 1.31. The number of ether oxygens (including phenoxy) is 1. The number of halogens is 2. The second-order valence-electron chi connectivity index (χ2n) is 7.38. The van der Waals surface area contributed by atoms with E-state index in [0.29, 0.717) is 36.5 Å². The lowest BCUT2D eigenvalue weighted by Crippen LogP contribution is -2.44. The van der Waals surface area contributed by atoms with E-state index in [4.69, 9.17) is 0 Å². The monoisotopic (exact) mass is 469 g/mol. The fourth-order valence-electron chi connectivity index (χ4n) is 3.86. The van der Waals surface area contributed by atoms with Crippen molar-refractivity contribution in [2.45, 2.75) is 32.3 Å². The first kappa shape index (κ1) is 21.8. The molecule has 2 aromatic rings. The number of fused-ring (bicyclic) bond motifs is 1. The van der Waals surface area contributed by atoms with Crippen molar-refractivity contribution in [3.63, 3.8) is 0 Å². The number of rotatable bonds is 6. The van der Waals surface area contributed by atoms with Gasteiger partial charge in [-0.05, 0) is 55.0 Å². The van der Waals surface area contributed by atoms with E-state index < -0.39 is 22.6 Å². The van der Waals surface area contributed by atoms with Crippen LogP contribution in [-0.4, -0.2) is 43.3 Å². The maximum absolute atomic E-state index is 13.2. The Bertz CT molecular complexity index is 1090. The Kier molecular flexibility index (Phi) is 6.35. The molecule has 0 spiro atoms. The molecule has 2 heterocycles. The largest absolute Gasteiger partial charge is 0.435 e. The molecular weight excluding hydrogens is 448 g/mol. The van der Waals surface area contributed by atoms with Crippen LogP contribution in [0.4, 0.5) is 13.9 Å². The molecule has 7 nitrogen and oxygen atoms in total. The van der Waals surface area contributed by atoms with Crippen LogP contribution in [0.5, 0.6) is 5.75 Å². The van der Waals surface area contributed by atoms with Gasteiger partial charge in [0.15, 0.2) is 5.13 Å². The fourth-order valence-corrected chi connectivity index (χ4v) is 6.10. The second kappa shape index (κ2) is 9.01. The van der Waals surface area contributed by atoms with Crippen LogP contribution in [0.3, 0.4) is 0 Å². The number of benzene rings is 1. The summed E-state index contributed by atoms with van der Waals surface area (Å²) in [4.78, 5) is 16.8. The molecule has 1 N–H and O–H groups in total. The van der Waals surface area contributed by atoms with E-state index in [1.54, 1.807) is 23.7 Å². The molecule has 0 saturated carbocycles. The summed E-state index contributed by atoms with van der Waals surface area (Å²) in [6.45, 7) is -2.44. The van der Waals surface area contributed by atoms with Gasteiger partial charge in [-0.25, -0.2) is 13.4 Å². The number of piperidine rings is 1. The van der Waals surface area contributed by atoms with E-state index >= 15 is 0 Å². The minimum absolute atomic E-state index is 0.0542. The van der Waals surface area contributed by atoms with Gasteiger partial charge in [-0.3, -0.25) is 4.79 Å². The van der Waals surface area contributed by atoms with Crippen LogP contribution < -0.4 is 10.1 Å². The van der Waals surface area contributed by atoms with Crippen molar-refractivity contribution < 1.29 is 26.7 Å². The van der Waals surface area contributed by atoms with Gasteiger partial charge in [-0.1, -0.05) is 6.07 Å². The lowest BCUT2D eigenvalue weighted by Gasteiger charge is -2.32. The third-order valence-corrected chi connectivity index (χ3v) is 8.07. The van der Waals surface area contributed by atoms with Crippen LogP contribution in [0, 0.1) is 5.92 Å². The number of anilines is 1. The van der Waals surface area contributed by atoms with Crippen LogP contribution in [0.15, 0.2) is 34.7 Å². The van der Waals surface area contributed by atoms with Crippen molar-refractivity contribution in [1.29, 1.82) is 0 Å². The zero-order valence-electron chi connectivity index (χ0n) is 16.5. The molecule has 1 aromatic heterocycles. The molecule has 1 saturated heterocycles. The van der Waals surface area contributed by atoms with Gasteiger partial charge in [0.2, 0.25) is 15.9 Å². The van der Waals surface area contributed by atoms with Crippen LogP contribution in [0.25, 0.3) is 6.08 Å². The summed E-state index contributed by atoms with van der Waals surface area (Å²) in [5.41, 5.74) is 1.43. The van der Waals surface area contributed by atoms with Gasteiger partial charge in [-0.15, -0.1) is 11.3 Å². The number of amides is 1. The molecule has 1 unspecified atom stereocenters. The Hall–Kier alpha value is -2.37. The maximum Gasteiger partial charge on any atom is 0.387 e. The van der Waals surface area contributed by atoms with Crippen LogP contribution in [0.2, 0.25) is 0 Å². The number of nitrogens with one attached hydrogen (secondary N) is 1. The standard InChI is InChI=1S/C20H21F2N3O4S2/c21-19(22)29-16-5-3-14-11-17(6-4-13(14)10-16)31(27,28)25-8-1-2-15(12-25)18(26)24-20-23-7-9-30-20/h3,5,7,9-11,15,19H,1-2,4,6,8,12H2,(H,23,24,26). The van der Waals surface area contributed by atoms with Gasteiger partial charge in [-0.2, -0.15) is 13.1 Å². The summed E-state index contributed by atoms with van der Waals surface area (Å²) in [5, 5.41) is 4.99. The molecule has 166 valence electrons. The summed E-state index contributed by atoms with van der Waals surface area (Å²) in [7, 11) is -3.74. The van der Waals surface area contributed by atoms with Crippen LogP contribution in [-0.2, 0) is 21.2 Å². The Morgan fingerprint density at radius 2 is 2.16 bits per heavy atom. The average Bonchev–Trinajstić information content (AvgIpc) is 3.26. The highest BCUT2D eigenvalue weighted by atomic mass is 32.2. The quantitative estimate of drug-likeness (QED) is 0.697. The van der Waals surface area contributed by atoms with Crippen molar-refractivity contribution in [3.8, 4) is 5.75 Å². The van der Waals surface area contributed by atoms with E-state index in [0.717, 1.165) is 5.56 Å². The molecule has 1 fully saturated rings. The van der Waals surface area contributed by atoms with E-state index in [1.165, 1.54) is 27.8 Å². The lowest BCUT2D eigenvalue weighted by atomic mass is 9.97. The number of hydrogen-bond acceptors (Lipinski definition) is 6. The zero-order valence-corrected chi connectivity index (χ0v) is 18.1. The topological polar surface area (TPSA) is 88.6 Å². The Morgan fingerprint density at radius 3 is 2.90 bits per heavy atom. The predicted molar refractivity (Wildman–Crippen MR) is 113 cm³/mol. The van der Waals surface area contributed by atoms with Crippen LogP contribution in [0.1, 0.15) is 30.4 Å². The van der Waals surface area contributed by atoms with Crippen molar-refractivity contribution in [1.82, 2.24) is 9.29 Å². The number of aryl methyl sites for hydroxylation is 1. The molecule has 2 aliphatic rings.